The third-order valence-electron chi connectivity index (χ3n) is 3.78. The second-order valence-corrected chi connectivity index (χ2v) is 6.18. The molecule has 0 atom stereocenters. The molecule has 0 spiro atoms. The van der Waals surface area contributed by atoms with Gasteiger partial charge in [0.2, 0.25) is 0 Å². The summed E-state index contributed by atoms with van der Waals surface area (Å²) in [5.41, 5.74) is 0.528. The number of nitrogens with one attached hydrogen (secondary N) is 1. The van der Waals surface area contributed by atoms with Crippen LogP contribution in [0.5, 0.6) is 0 Å². The molecule has 2 heterocycles. The molecule has 1 aliphatic rings. The summed E-state index contributed by atoms with van der Waals surface area (Å²) in [6, 6.07) is 0.379. The molecule has 1 aromatic heterocycles. The first kappa shape index (κ1) is 16.5. The quantitative estimate of drug-likeness (QED) is 0.801. The largest absolute Gasteiger partial charge is 0.394 e. The van der Waals surface area contributed by atoms with Crippen molar-refractivity contribution in [3.8, 4) is 0 Å². The lowest BCUT2D eigenvalue weighted by molar-refractivity contribution is 0.219. The highest BCUT2D eigenvalue weighted by atomic mass is 79.9. The highest BCUT2D eigenvalue weighted by Gasteiger charge is 2.20. The molecule has 1 aromatic rings. The second-order valence-electron chi connectivity index (χ2n) is 5.38. The van der Waals surface area contributed by atoms with Crippen LogP contribution in [0.15, 0.2) is 15.5 Å². The summed E-state index contributed by atoms with van der Waals surface area (Å²) in [7, 11) is 0. The molecule has 2 N–H and O–H groups in total. The van der Waals surface area contributed by atoms with Gasteiger partial charge in [-0.1, -0.05) is 6.92 Å². The molecular weight excluding hydrogens is 336 g/mol. The smallest absolute Gasteiger partial charge is 0.283 e. The number of piperidine rings is 1. The van der Waals surface area contributed by atoms with Crippen molar-refractivity contribution in [3.05, 3.63) is 21.0 Å². The SMILES string of the molecule is CCCN1CCC(Nc2cnn(CCO)c(=O)c2Br)CC1. The summed E-state index contributed by atoms with van der Waals surface area (Å²) < 4.78 is 1.75. The molecule has 21 heavy (non-hydrogen) atoms. The lowest BCUT2D eigenvalue weighted by atomic mass is 10.0. The summed E-state index contributed by atoms with van der Waals surface area (Å²) in [5.74, 6) is 0. The van der Waals surface area contributed by atoms with Gasteiger partial charge >= 0.3 is 0 Å². The molecule has 0 saturated carbocycles. The highest BCUT2D eigenvalue weighted by Crippen LogP contribution is 2.21. The molecule has 1 fully saturated rings. The Labute approximate surface area is 133 Å². The molecule has 1 aliphatic heterocycles. The van der Waals surface area contributed by atoms with Gasteiger partial charge in [-0.25, -0.2) is 4.68 Å². The van der Waals surface area contributed by atoms with Crippen LogP contribution >= 0.6 is 15.9 Å². The summed E-state index contributed by atoms with van der Waals surface area (Å²) in [5, 5.41) is 16.4. The molecule has 0 amide bonds. The topological polar surface area (TPSA) is 70.4 Å². The van der Waals surface area contributed by atoms with E-state index in [0.29, 0.717) is 10.5 Å². The molecule has 2 rings (SSSR count). The maximum absolute atomic E-state index is 12.1. The number of halogens is 1. The van der Waals surface area contributed by atoms with Gasteiger partial charge in [-0.05, 0) is 41.7 Å². The maximum Gasteiger partial charge on any atom is 0.283 e. The fraction of sp³-hybridized carbons (Fsp3) is 0.714. The Morgan fingerprint density at radius 2 is 2.14 bits per heavy atom. The number of likely N-dealkylation sites (tertiary alicyclic amines) is 1. The molecule has 1 saturated heterocycles. The van der Waals surface area contributed by atoms with E-state index < -0.39 is 0 Å². The Kier molecular flexibility index (Phi) is 6.20. The van der Waals surface area contributed by atoms with E-state index >= 15 is 0 Å². The van der Waals surface area contributed by atoms with Crippen molar-refractivity contribution in [1.82, 2.24) is 14.7 Å². The van der Waals surface area contributed by atoms with Crippen LogP contribution in [-0.2, 0) is 6.54 Å². The fourth-order valence-electron chi connectivity index (χ4n) is 2.66. The number of nitrogens with zero attached hydrogens (tertiary/aromatic N) is 3. The van der Waals surface area contributed by atoms with E-state index in [4.69, 9.17) is 5.11 Å². The van der Waals surface area contributed by atoms with Gasteiger partial charge in [0.05, 0.1) is 25.0 Å². The van der Waals surface area contributed by atoms with Crippen LogP contribution in [0, 0.1) is 0 Å². The van der Waals surface area contributed by atoms with Crippen LogP contribution < -0.4 is 10.9 Å². The van der Waals surface area contributed by atoms with Crippen LogP contribution in [0.1, 0.15) is 26.2 Å². The second kappa shape index (κ2) is 7.91. The van der Waals surface area contributed by atoms with Crippen LogP contribution in [0.2, 0.25) is 0 Å². The number of anilines is 1. The predicted octanol–water partition coefficient (Wildman–Crippen LogP) is 1.28. The summed E-state index contributed by atoms with van der Waals surface area (Å²) >= 11 is 3.34. The minimum atomic E-state index is -0.211. The average Bonchev–Trinajstić information content (AvgIpc) is 2.49. The Bertz CT molecular complexity index is 512. The minimum Gasteiger partial charge on any atom is -0.394 e. The van der Waals surface area contributed by atoms with Crippen molar-refractivity contribution >= 4 is 21.6 Å². The van der Waals surface area contributed by atoms with Gasteiger partial charge in [0, 0.05) is 19.1 Å². The number of hydrogen-bond donors (Lipinski definition) is 2. The molecule has 0 aliphatic carbocycles. The monoisotopic (exact) mass is 358 g/mol. The van der Waals surface area contributed by atoms with E-state index in [9.17, 15) is 4.79 Å². The van der Waals surface area contributed by atoms with Gasteiger partial charge in [-0.15, -0.1) is 0 Å². The first-order valence-electron chi connectivity index (χ1n) is 7.51. The van der Waals surface area contributed by atoms with Gasteiger partial charge < -0.3 is 15.3 Å². The first-order valence-corrected chi connectivity index (χ1v) is 8.30. The van der Waals surface area contributed by atoms with Gasteiger partial charge in [-0.3, -0.25) is 4.79 Å². The third-order valence-corrected chi connectivity index (χ3v) is 4.55. The van der Waals surface area contributed by atoms with E-state index in [0.717, 1.165) is 38.2 Å². The van der Waals surface area contributed by atoms with Crippen LogP contribution in [-0.4, -0.2) is 52.1 Å². The van der Waals surface area contributed by atoms with Gasteiger partial charge in [0.15, 0.2) is 0 Å². The Morgan fingerprint density at radius 3 is 2.76 bits per heavy atom. The van der Waals surface area contributed by atoms with E-state index in [1.807, 2.05) is 0 Å². The van der Waals surface area contributed by atoms with E-state index in [1.54, 1.807) is 6.20 Å². The van der Waals surface area contributed by atoms with E-state index in [2.05, 4.69) is 38.2 Å². The normalized spacial score (nSPS) is 17.1. The van der Waals surface area contributed by atoms with Crippen molar-refractivity contribution in [2.24, 2.45) is 0 Å². The molecule has 0 bridgehead atoms. The van der Waals surface area contributed by atoms with Gasteiger partial charge in [0.1, 0.15) is 4.47 Å². The summed E-state index contributed by atoms with van der Waals surface area (Å²) in [6.45, 7) is 5.68. The molecular formula is C14H23BrN4O2. The number of aliphatic hydroxyl groups excluding tert-OH is 1. The zero-order valence-electron chi connectivity index (χ0n) is 12.4. The van der Waals surface area contributed by atoms with E-state index in [1.165, 1.54) is 11.1 Å². The number of aliphatic hydroxyl groups is 1. The van der Waals surface area contributed by atoms with Crippen molar-refractivity contribution in [2.75, 3.05) is 31.6 Å². The lowest BCUT2D eigenvalue weighted by Crippen LogP contribution is -2.39. The van der Waals surface area contributed by atoms with E-state index in [-0.39, 0.29) is 18.7 Å². The minimum absolute atomic E-state index is 0.0952. The molecule has 0 unspecified atom stereocenters. The van der Waals surface area contributed by atoms with Crippen LogP contribution in [0.4, 0.5) is 5.69 Å². The standard InChI is InChI=1S/C14H23BrN4O2/c1-2-5-18-6-3-11(4-7-18)17-12-10-16-19(8-9-20)14(21)13(12)15/h10-11,17,20H,2-9H2,1H3. The Hall–Kier alpha value is -0.920. The summed E-state index contributed by atoms with van der Waals surface area (Å²) in [4.78, 5) is 14.5. The van der Waals surface area contributed by atoms with Crippen molar-refractivity contribution < 1.29 is 5.11 Å². The van der Waals surface area contributed by atoms with Crippen molar-refractivity contribution in [2.45, 2.75) is 38.8 Å². The van der Waals surface area contributed by atoms with Crippen molar-refractivity contribution in [1.29, 1.82) is 0 Å². The Balaban J connectivity index is 1.98. The summed E-state index contributed by atoms with van der Waals surface area (Å²) in [6.07, 6.45) is 4.99. The predicted molar refractivity (Wildman–Crippen MR) is 86.7 cm³/mol. The fourth-order valence-corrected chi connectivity index (χ4v) is 3.08. The lowest BCUT2D eigenvalue weighted by Gasteiger charge is -2.32. The molecule has 118 valence electrons. The van der Waals surface area contributed by atoms with Gasteiger partial charge in [-0.2, -0.15) is 5.10 Å². The van der Waals surface area contributed by atoms with Gasteiger partial charge in [0.25, 0.3) is 5.56 Å². The average molecular weight is 359 g/mol. The number of aromatic nitrogens is 2. The number of rotatable bonds is 6. The van der Waals surface area contributed by atoms with Crippen LogP contribution in [0.3, 0.4) is 0 Å². The van der Waals surface area contributed by atoms with Crippen LogP contribution in [0.25, 0.3) is 0 Å². The van der Waals surface area contributed by atoms with Crippen molar-refractivity contribution in [3.63, 3.8) is 0 Å². The highest BCUT2D eigenvalue weighted by molar-refractivity contribution is 9.10. The Morgan fingerprint density at radius 1 is 1.43 bits per heavy atom. The number of hydrogen-bond acceptors (Lipinski definition) is 5. The maximum atomic E-state index is 12.1. The zero-order chi connectivity index (χ0) is 15.2. The molecule has 7 heteroatoms. The zero-order valence-corrected chi connectivity index (χ0v) is 14.0. The molecule has 6 nitrogen and oxygen atoms in total. The first-order chi connectivity index (χ1) is 10.2. The molecule has 0 radical (unpaired) electrons. The molecule has 0 aromatic carbocycles. The third kappa shape index (κ3) is 4.28.